The number of hydrogen-bond donors (Lipinski definition) is 3. The second kappa shape index (κ2) is 8.50. The first-order valence-corrected chi connectivity index (χ1v) is 10.3. The number of nitrogens with one attached hydrogen (secondary N) is 2. The Bertz CT molecular complexity index is 954. The van der Waals surface area contributed by atoms with E-state index in [-0.39, 0.29) is 29.8 Å². The van der Waals surface area contributed by atoms with Gasteiger partial charge in [-0.3, -0.25) is 9.89 Å². The lowest BCUT2D eigenvalue weighted by Gasteiger charge is -2.31. The largest absolute Gasteiger partial charge is 0.399 e. The molecule has 0 spiro atoms. The summed E-state index contributed by atoms with van der Waals surface area (Å²) in [5, 5.41) is 9.59. The zero-order valence-electron chi connectivity index (χ0n) is 16.2. The first kappa shape index (κ1) is 22.2. The lowest BCUT2D eigenvalue weighted by atomic mass is 9.98. The molecule has 0 radical (unpaired) electrons. The number of hydrogen-bond acceptors (Lipinski definition) is 5. The molecule has 154 valence electrons. The van der Waals surface area contributed by atoms with Crippen LogP contribution in [0, 0.1) is 26.7 Å². The molecule has 2 aromatic rings. The molecule has 2 heterocycles. The van der Waals surface area contributed by atoms with Gasteiger partial charge in [0.15, 0.2) is 0 Å². The first-order chi connectivity index (χ1) is 12.7. The first-order valence-electron chi connectivity index (χ1n) is 8.89. The van der Waals surface area contributed by atoms with E-state index in [2.05, 4.69) is 15.5 Å². The Kier molecular flexibility index (Phi) is 6.74. The molecule has 8 nitrogen and oxygen atoms in total. The monoisotopic (exact) mass is 427 g/mol. The van der Waals surface area contributed by atoms with Gasteiger partial charge in [-0.1, -0.05) is 6.07 Å². The van der Waals surface area contributed by atoms with Gasteiger partial charge < -0.3 is 11.1 Å². The van der Waals surface area contributed by atoms with Gasteiger partial charge in [0.05, 0.1) is 17.3 Å². The van der Waals surface area contributed by atoms with Crippen molar-refractivity contribution in [2.75, 3.05) is 24.1 Å². The Balaban J connectivity index is 0.00000280. The minimum absolute atomic E-state index is 0. The van der Waals surface area contributed by atoms with E-state index in [0.717, 1.165) is 5.56 Å². The van der Waals surface area contributed by atoms with Crippen LogP contribution in [-0.2, 0) is 14.8 Å². The highest BCUT2D eigenvalue weighted by Crippen LogP contribution is 2.28. The molecule has 0 aliphatic carbocycles. The maximum Gasteiger partial charge on any atom is 0.246 e. The Morgan fingerprint density at radius 1 is 1.32 bits per heavy atom. The molecule has 0 saturated carbocycles. The minimum atomic E-state index is -3.69. The summed E-state index contributed by atoms with van der Waals surface area (Å²) in [6.45, 7) is 5.78. The van der Waals surface area contributed by atoms with E-state index < -0.39 is 15.9 Å². The number of rotatable bonds is 4. The Labute approximate surface area is 171 Å². The van der Waals surface area contributed by atoms with Gasteiger partial charge >= 0.3 is 0 Å². The summed E-state index contributed by atoms with van der Waals surface area (Å²) in [5.74, 6) is -0.605. The van der Waals surface area contributed by atoms with E-state index in [1.807, 2.05) is 13.0 Å². The summed E-state index contributed by atoms with van der Waals surface area (Å²) in [4.78, 5) is 12.9. The van der Waals surface area contributed by atoms with Crippen LogP contribution in [0.1, 0.15) is 29.8 Å². The second-order valence-electron chi connectivity index (χ2n) is 7.03. The van der Waals surface area contributed by atoms with Crippen molar-refractivity contribution in [1.82, 2.24) is 14.5 Å². The van der Waals surface area contributed by atoms with Crippen LogP contribution >= 0.6 is 12.4 Å². The van der Waals surface area contributed by atoms with E-state index in [9.17, 15) is 13.2 Å². The number of piperidine rings is 1. The summed E-state index contributed by atoms with van der Waals surface area (Å²) in [6.07, 6.45) is 1.27. The maximum absolute atomic E-state index is 13.0. The van der Waals surface area contributed by atoms with Crippen molar-refractivity contribution >= 4 is 39.7 Å². The average Bonchev–Trinajstić information content (AvgIpc) is 2.97. The number of aryl methyl sites for hydroxylation is 3. The topological polar surface area (TPSA) is 121 Å². The highest BCUT2D eigenvalue weighted by Gasteiger charge is 2.35. The smallest absolute Gasteiger partial charge is 0.246 e. The van der Waals surface area contributed by atoms with Crippen LogP contribution in [0.25, 0.3) is 0 Å². The number of nitrogens with zero attached hydrogens (tertiary/aromatic N) is 2. The summed E-state index contributed by atoms with van der Waals surface area (Å²) in [7, 11) is -3.69. The van der Waals surface area contributed by atoms with E-state index in [1.165, 1.54) is 4.31 Å². The molecule has 0 bridgehead atoms. The third kappa shape index (κ3) is 4.31. The molecular formula is C18H26ClN5O3S. The van der Waals surface area contributed by atoms with Gasteiger partial charge in [-0.05, 0) is 51.3 Å². The summed E-state index contributed by atoms with van der Waals surface area (Å²) in [5.41, 5.74) is 8.87. The van der Waals surface area contributed by atoms with Crippen LogP contribution in [0.15, 0.2) is 23.1 Å². The van der Waals surface area contributed by atoms with Crippen molar-refractivity contribution in [2.45, 2.75) is 38.5 Å². The molecule has 1 aliphatic heterocycles. The fourth-order valence-electron chi connectivity index (χ4n) is 3.43. The van der Waals surface area contributed by atoms with Gasteiger partial charge in [0.25, 0.3) is 0 Å². The molecule has 1 fully saturated rings. The number of amides is 1. The van der Waals surface area contributed by atoms with Crippen LogP contribution in [0.2, 0.25) is 0 Å². The zero-order valence-corrected chi connectivity index (χ0v) is 17.8. The van der Waals surface area contributed by atoms with Crippen molar-refractivity contribution < 1.29 is 13.2 Å². The number of benzene rings is 1. The number of carbonyl (C=O) groups is 1. The van der Waals surface area contributed by atoms with Crippen LogP contribution < -0.4 is 11.1 Å². The predicted molar refractivity (Wildman–Crippen MR) is 111 cm³/mol. The molecule has 10 heteroatoms. The van der Waals surface area contributed by atoms with Gasteiger partial charge in [-0.2, -0.15) is 9.40 Å². The fourth-order valence-corrected chi connectivity index (χ4v) is 5.29. The van der Waals surface area contributed by atoms with Crippen molar-refractivity contribution in [1.29, 1.82) is 0 Å². The van der Waals surface area contributed by atoms with Gasteiger partial charge in [0.2, 0.25) is 15.9 Å². The molecule has 4 N–H and O–H groups in total. The van der Waals surface area contributed by atoms with Crippen molar-refractivity contribution in [3.05, 3.63) is 35.2 Å². The van der Waals surface area contributed by atoms with Crippen molar-refractivity contribution in [2.24, 2.45) is 5.92 Å². The number of carbonyl (C=O) groups excluding carboxylic acids is 1. The van der Waals surface area contributed by atoms with Gasteiger partial charge in [-0.25, -0.2) is 8.42 Å². The number of sulfonamides is 1. The lowest BCUT2D eigenvalue weighted by molar-refractivity contribution is -0.120. The molecule has 1 aliphatic rings. The second-order valence-corrected chi connectivity index (χ2v) is 8.90. The minimum Gasteiger partial charge on any atom is -0.399 e. The van der Waals surface area contributed by atoms with E-state index >= 15 is 0 Å². The molecule has 1 amide bonds. The number of halogens is 1. The van der Waals surface area contributed by atoms with Crippen LogP contribution in [0.4, 0.5) is 11.4 Å². The number of anilines is 2. The molecule has 1 aromatic carbocycles. The predicted octanol–water partition coefficient (Wildman–Crippen LogP) is 2.38. The molecule has 28 heavy (non-hydrogen) atoms. The number of nitrogen functional groups attached to an aromatic ring is 1. The third-order valence-corrected chi connectivity index (χ3v) is 7.06. The van der Waals surface area contributed by atoms with Crippen molar-refractivity contribution in [3.63, 3.8) is 0 Å². The van der Waals surface area contributed by atoms with E-state index in [4.69, 9.17) is 5.73 Å². The third-order valence-electron chi connectivity index (χ3n) is 4.93. The van der Waals surface area contributed by atoms with E-state index in [0.29, 0.717) is 42.1 Å². The molecular weight excluding hydrogens is 402 g/mol. The molecule has 1 atom stereocenters. The number of nitrogens with two attached hydrogens (primary N) is 1. The summed E-state index contributed by atoms with van der Waals surface area (Å²) >= 11 is 0. The Morgan fingerprint density at radius 3 is 2.68 bits per heavy atom. The SMILES string of the molecule is Cc1ccc(N)cc1NC(=O)C1CCCN(S(=O)(=O)c2c(C)n[nH]c2C)C1.Cl. The van der Waals surface area contributed by atoms with Gasteiger partial charge in [0, 0.05) is 24.5 Å². The van der Waals surface area contributed by atoms with Crippen LogP contribution in [-0.4, -0.2) is 41.9 Å². The number of aromatic nitrogens is 2. The van der Waals surface area contributed by atoms with Gasteiger partial charge in [0.1, 0.15) is 4.90 Å². The summed E-state index contributed by atoms with van der Waals surface area (Å²) < 4.78 is 27.5. The Morgan fingerprint density at radius 2 is 2.04 bits per heavy atom. The van der Waals surface area contributed by atoms with E-state index in [1.54, 1.807) is 26.0 Å². The maximum atomic E-state index is 13.0. The normalized spacial score (nSPS) is 17.8. The van der Waals surface area contributed by atoms with Gasteiger partial charge in [-0.15, -0.1) is 12.4 Å². The molecule has 1 unspecified atom stereocenters. The molecule has 1 aromatic heterocycles. The lowest BCUT2D eigenvalue weighted by Crippen LogP contribution is -2.44. The number of aromatic amines is 1. The highest BCUT2D eigenvalue weighted by molar-refractivity contribution is 7.89. The standard InChI is InChI=1S/C18H25N5O3S.ClH/c1-11-6-7-15(19)9-16(11)20-18(24)14-5-4-8-23(10-14)27(25,26)17-12(2)21-22-13(17)3;/h6-7,9,14H,4-5,8,10,19H2,1-3H3,(H,20,24)(H,21,22);1H. The van der Waals surface area contributed by atoms with Crippen molar-refractivity contribution in [3.8, 4) is 0 Å². The average molecular weight is 428 g/mol. The van der Waals surface area contributed by atoms with Crippen LogP contribution in [0.3, 0.4) is 0 Å². The Hall–Kier alpha value is -2.10. The molecule has 1 saturated heterocycles. The number of H-pyrrole nitrogens is 1. The fraction of sp³-hybridized carbons (Fsp3) is 0.444. The highest BCUT2D eigenvalue weighted by atomic mass is 35.5. The van der Waals surface area contributed by atoms with Crippen LogP contribution in [0.5, 0.6) is 0 Å². The zero-order chi connectivity index (χ0) is 19.8. The quantitative estimate of drug-likeness (QED) is 0.646. The molecule has 3 rings (SSSR count). The summed E-state index contributed by atoms with van der Waals surface area (Å²) in [6, 6.07) is 5.32.